The van der Waals surface area contributed by atoms with Gasteiger partial charge < -0.3 is 10.3 Å². The number of H-pyrrole nitrogens is 1. The molecule has 22 heavy (non-hydrogen) atoms. The highest BCUT2D eigenvalue weighted by molar-refractivity contribution is 6.29. The van der Waals surface area contributed by atoms with E-state index in [1.54, 1.807) is 0 Å². The Labute approximate surface area is 127 Å². The molecule has 0 unspecified atom stereocenters. The number of aromatic nitrogens is 1. The van der Waals surface area contributed by atoms with E-state index in [0.29, 0.717) is 5.56 Å². The highest BCUT2D eigenvalue weighted by Gasteiger charge is 2.31. The molecule has 2 N–H and O–H groups in total. The van der Waals surface area contributed by atoms with E-state index in [1.165, 1.54) is 19.1 Å². The molecule has 0 spiro atoms. The van der Waals surface area contributed by atoms with Crippen LogP contribution in [-0.4, -0.2) is 10.9 Å². The van der Waals surface area contributed by atoms with Crippen molar-refractivity contribution in [3.05, 3.63) is 62.5 Å². The second-order valence-corrected chi connectivity index (χ2v) is 5.03. The van der Waals surface area contributed by atoms with Gasteiger partial charge in [-0.3, -0.25) is 9.59 Å². The minimum Gasteiger partial charge on any atom is -0.322 e. The number of pyridine rings is 1. The summed E-state index contributed by atoms with van der Waals surface area (Å²) < 4.78 is 38.2. The lowest BCUT2D eigenvalue weighted by Gasteiger charge is -2.11. The molecule has 0 aliphatic heterocycles. The van der Waals surface area contributed by atoms with E-state index in [-0.39, 0.29) is 16.4 Å². The zero-order valence-electron chi connectivity index (χ0n) is 11.2. The van der Waals surface area contributed by atoms with Gasteiger partial charge in [-0.15, -0.1) is 0 Å². The molecule has 0 saturated heterocycles. The number of hydrogen-bond donors (Lipinski definition) is 2. The van der Waals surface area contributed by atoms with Gasteiger partial charge in [-0.25, -0.2) is 0 Å². The Balaban J connectivity index is 2.32. The van der Waals surface area contributed by atoms with Crippen molar-refractivity contribution in [3.8, 4) is 0 Å². The molecule has 0 fully saturated rings. The number of aromatic amines is 1. The van der Waals surface area contributed by atoms with Crippen LogP contribution < -0.4 is 10.9 Å². The van der Waals surface area contributed by atoms with Crippen LogP contribution in [0.4, 0.5) is 18.9 Å². The molecular weight excluding hydrogens is 321 g/mol. The molecule has 0 atom stereocenters. The number of alkyl halides is 3. The fourth-order valence-electron chi connectivity index (χ4n) is 1.86. The largest absolute Gasteiger partial charge is 0.416 e. The summed E-state index contributed by atoms with van der Waals surface area (Å²) >= 11 is 5.62. The minimum atomic E-state index is -4.52. The molecule has 2 rings (SSSR count). The van der Waals surface area contributed by atoms with Crippen LogP contribution in [-0.2, 0) is 6.18 Å². The Bertz CT molecular complexity index is 784. The number of carbonyl (C=O) groups is 1. The number of nitrogens with one attached hydrogen (secondary N) is 2. The van der Waals surface area contributed by atoms with E-state index in [2.05, 4.69) is 10.3 Å². The fraction of sp³-hybridized carbons (Fsp3) is 0.143. The molecule has 0 aliphatic carbocycles. The van der Waals surface area contributed by atoms with Crippen LogP contribution in [0.15, 0.2) is 35.1 Å². The molecule has 1 amide bonds. The van der Waals surface area contributed by atoms with Crippen LogP contribution in [0, 0.1) is 6.92 Å². The molecule has 4 nitrogen and oxygen atoms in total. The number of halogens is 4. The molecule has 0 radical (unpaired) electrons. The van der Waals surface area contributed by atoms with Crippen molar-refractivity contribution in [2.24, 2.45) is 0 Å². The van der Waals surface area contributed by atoms with E-state index < -0.39 is 23.2 Å². The summed E-state index contributed by atoms with van der Waals surface area (Å²) in [6, 6.07) is 5.39. The second kappa shape index (κ2) is 5.84. The van der Waals surface area contributed by atoms with Crippen molar-refractivity contribution in [2.45, 2.75) is 13.1 Å². The summed E-state index contributed by atoms with van der Waals surface area (Å²) in [5.41, 5.74) is -1.18. The number of rotatable bonds is 2. The van der Waals surface area contributed by atoms with Gasteiger partial charge in [0.1, 0.15) is 5.15 Å². The first kappa shape index (κ1) is 16.1. The highest BCUT2D eigenvalue weighted by Crippen LogP contribution is 2.31. The number of aryl methyl sites for hydroxylation is 1. The third-order valence-corrected chi connectivity index (χ3v) is 2.94. The van der Waals surface area contributed by atoms with Gasteiger partial charge in [-0.05, 0) is 36.8 Å². The Hall–Kier alpha value is -2.28. The van der Waals surface area contributed by atoms with E-state index >= 15 is 0 Å². The number of amides is 1. The van der Waals surface area contributed by atoms with Crippen LogP contribution in [0.25, 0.3) is 0 Å². The van der Waals surface area contributed by atoms with Gasteiger partial charge >= 0.3 is 6.18 Å². The molecular formula is C14H10ClF3N2O2. The van der Waals surface area contributed by atoms with Gasteiger partial charge in [0.25, 0.3) is 5.91 Å². The van der Waals surface area contributed by atoms with Gasteiger partial charge in [-0.1, -0.05) is 11.6 Å². The Morgan fingerprint density at radius 3 is 2.45 bits per heavy atom. The predicted octanol–water partition coefficient (Wildman–Crippen LogP) is 3.61. The van der Waals surface area contributed by atoms with Crippen LogP contribution in [0.1, 0.15) is 21.5 Å². The minimum absolute atomic E-state index is 0.0197. The van der Waals surface area contributed by atoms with Crippen molar-refractivity contribution < 1.29 is 18.0 Å². The highest BCUT2D eigenvalue weighted by atomic mass is 35.5. The van der Waals surface area contributed by atoms with Gasteiger partial charge in [0.05, 0.1) is 5.56 Å². The number of benzene rings is 1. The maximum absolute atomic E-state index is 12.7. The average Bonchev–Trinajstić information content (AvgIpc) is 2.35. The summed E-state index contributed by atoms with van der Waals surface area (Å²) in [6.07, 6.45) is -4.52. The van der Waals surface area contributed by atoms with E-state index in [1.807, 2.05) is 0 Å². The topological polar surface area (TPSA) is 62.0 Å². The smallest absolute Gasteiger partial charge is 0.322 e. The molecule has 0 bridgehead atoms. The SMILES string of the molecule is Cc1cc(NC(=O)c2cc(Cl)[nH]c(=O)c2)cc(C(F)(F)F)c1. The molecule has 0 saturated carbocycles. The molecule has 8 heteroatoms. The van der Waals surface area contributed by atoms with E-state index in [4.69, 9.17) is 11.6 Å². The summed E-state index contributed by atoms with van der Waals surface area (Å²) in [5.74, 6) is -0.730. The molecule has 1 aromatic heterocycles. The van der Waals surface area contributed by atoms with Gasteiger partial charge in [0.15, 0.2) is 0 Å². The molecule has 1 aromatic carbocycles. The Morgan fingerprint density at radius 2 is 1.86 bits per heavy atom. The predicted molar refractivity (Wildman–Crippen MR) is 76.2 cm³/mol. The average molecular weight is 331 g/mol. The maximum atomic E-state index is 12.7. The molecule has 1 heterocycles. The number of anilines is 1. The maximum Gasteiger partial charge on any atom is 0.416 e. The van der Waals surface area contributed by atoms with Crippen molar-refractivity contribution >= 4 is 23.2 Å². The van der Waals surface area contributed by atoms with Crippen LogP contribution in [0.2, 0.25) is 5.15 Å². The fourth-order valence-corrected chi connectivity index (χ4v) is 2.07. The number of carbonyl (C=O) groups excluding carboxylic acids is 1. The summed E-state index contributed by atoms with van der Waals surface area (Å²) in [6.45, 7) is 1.48. The summed E-state index contributed by atoms with van der Waals surface area (Å²) in [7, 11) is 0. The lowest BCUT2D eigenvalue weighted by Crippen LogP contribution is -2.17. The van der Waals surface area contributed by atoms with Crippen LogP contribution in [0.5, 0.6) is 0 Å². The molecule has 0 aliphatic rings. The lowest BCUT2D eigenvalue weighted by molar-refractivity contribution is -0.137. The monoisotopic (exact) mass is 330 g/mol. The number of hydrogen-bond acceptors (Lipinski definition) is 2. The van der Waals surface area contributed by atoms with Gasteiger partial charge in [-0.2, -0.15) is 13.2 Å². The van der Waals surface area contributed by atoms with Crippen LogP contribution in [0.3, 0.4) is 0 Å². The first-order valence-electron chi connectivity index (χ1n) is 6.05. The summed E-state index contributed by atoms with van der Waals surface area (Å²) in [4.78, 5) is 25.5. The van der Waals surface area contributed by atoms with Crippen LogP contribution >= 0.6 is 11.6 Å². The van der Waals surface area contributed by atoms with Gasteiger partial charge in [0, 0.05) is 17.3 Å². The first-order chi connectivity index (χ1) is 10.1. The zero-order valence-corrected chi connectivity index (χ0v) is 12.0. The quantitative estimate of drug-likeness (QED) is 0.826. The second-order valence-electron chi connectivity index (χ2n) is 4.62. The first-order valence-corrected chi connectivity index (χ1v) is 6.43. The van der Waals surface area contributed by atoms with Crippen molar-refractivity contribution in [1.82, 2.24) is 4.98 Å². The lowest BCUT2D eigenvalue weighted by atomic mass is 10.1. The zero-order chi connectivity index (χ0) is 16.5. The Morgan fingerprint density at radius 1 is 1.18 bits per heavy atom. The standard InChI is InChI=1S/C14H10ClF3N2O2/c1-7-2-9(14(16,17)18)6-10(3-7)19-13(22)8-4-11(15)20-12(21)5-8/h2-6H,1H3,(H,19,22)(H,20,21). The van der Waals surface area contributed by atoms with Gasteiger partial charge in [0.2, 0.25) is 5.56 Å². The van der Waals surface area contributed by atoms with Crippen molar-refractivity contribution in [2.75, 3.05) is 5.32 Å². The third kappa shape index (κ3) is 3.88. The molecule has 2 aromatic rings. The summed E-state index contributed by atoms with van der Waals surface area (Å²) in [5, 5.41) is 2.27. The van der Waals surface area contributed by atoms with Crippen molar-refractivity contribution in [1.29, 1.82) is 0 Å². The third-order valence-electron chi connectivity index (χ3n) is 2.74. The van der Waals surface area contributed by atoms with E-state index in [0.717, 1.165) is 18.2 Å². The normalized spacial score (nSPS) is 11.3. The Kier molecular flexibility index (Phi) is 4.27. The van der Waals surface area contributed by atoms with Crippen molar-refractivity contribution in [3.63, 3.8) is 0 Å². The molecule has 116 valence electrons. The van der Waals surface area contributed by atoms with E-state index in [9.17, 15) is 22.8 Å².